The number of anilines is 1. The molecular formula is C15H26N4O. The van der Waals surface area contributed by atoms with Gasteiger partial charge >= 0.3 is 0 Å². The van der Waals surface area contributed by atoms with Crippen molar-refractivity contribution in [3.63, 3.8) is 0 Å². The summed E-state index contributed by atoms with van der Waals surface area (Å²) in [6.45, 7) is 6.37. The van der Waals surface area contributed by atoms with Crippen LogP contribution in [0.2, 0.25) is 0 Å². The van der Waals surface area contributed by atoms with Gasteiger partial charge in [-0.2, -0.15) is 4.98 Å². The molecule has 0 amide bonds. The fourth-order valence-corrected chi connectivity index (χ4v) is 2.89. The van der Waals surface area contributed by atoms with Crippen LogP contribution in [0.1, 0.15) is 38.3 Å². The Bertz CT molecular complexity index is 429. The second-order valence-electron chi connectivity index (χ2n) is 6.15. The molecule has 2 aliphatic rings. The topological polar surface area (TPSA) is 44.5 Å². The van der Waals surface area contributed by atoms with Crippen LogP contribution in [0.3, 0.4) is 0 Å². The Labute approximate surface area is 121 Å². The monoisotopic (exact) mass is 278 g/mol. The molecule has 1 saturated heterocycles. The first-order valence-electron chi connectivity index (χ1n) is 7.89. The highest BCUT2D eigenvalue weighted by Crippen LogP contribution is 2.23. The lowest BCUT2D eigenvalue weighted by molar-refractivity contribution is 0.325. The van der Waals surface area contributed by atoms with Gasteiger partial charge in [0.2, 0.25) is 0 Å². The number of hydrogen-bond acceptors (Lipinski definition) is 5. The zero-order chi connectivity index (χ0) is 13.9. The van der Waals surface area contributed by atoms with Gasteiger partial charge < -0.3 is 19.5 Å². The van der Waals surface area contributed by atoms with Crippen molar-refractivity contribution in [3.8, 4) is 0 Å². The van der Waals surface area contributed by atoms with Crippen LogP contribution in [0.5, 0.6) is 0 Å². The molecule has 2 fully saturated rings. The van der Waals surface area contributed by atoms with Crippen LogP contribution in [0.4, 0.5) is 6.01 Å². The van der Waals surface area contributed by atoms with E-state index in [9.17, 15) is 0 Å². The van der Waals surface area contributed by atoms with Crippen LogP contribution in [-0.2, 0) is 6.54 Å². The summed E-state index contributed by atoms with van der Waals surface area (Å²) in [7, 11) is 2.20. The molecule has 1 saturated carbocycles. The maximum atomic E-state index is 5.74. The molecule has 0 radical (unpaired) electrons. The minimum atomic E-state index is 0.505. The average molecular weight is 278 g/mol. The molecule has 1 N–H and O–H groups in total. The molecule has 0 aromatic carbocycles. The van der Waals surface area contributed by atoms with Gasteiger partial charge in [0.25, 0.3) is 6.01 Å². The van der Waals surface area contributed by atoms with Crippen LogP contribution < -0.4 is 10.2 Å². The van der Waals surface area contributed by atoms with Gasteiger partial charge in [-0.1, -0.05) is 6.92 Å². The number of nitrogens with one attached hydrogen (secondary N) is 1. The zero-order valence-electron chi connectivity index (χ0n) is 12.6. The SMILES string of the molecule is CCC1CN(C)CCCN1c1nc(CNC2CC2)co1. The minimum Gasteiger partial charge on any atom is -0.432 e. The lowest BCUT2D eigenvalue weighted by Gasteiger charge is -2.28. The van der Waals surface area contributed by atoms with Gasteiger partial charge in [-0.25, -0.2) is 0 Å². The third-order valence-corrected chi connectivity index (χ3v) is 4.31. The average Bonchev–Trinajstić information content (AvgIpc) is 3.20. The van der Waals surface area contributed by atoms with Gasteiger partial charge in [0.05, 0.1) is 5.69 Å². The van der Waals surface area contributed by atoms with Gasteiger partial charge in [0.1, 0.15) is 6.26 Å². The molecule has 5 heteroatoms. The van der Waals surface area contributed by atoms with E-state index in [1.165, 1.54) is 19.3 Å². The summed E-state index contributed by atoms with van der Waals surface area (Å²) in [5, 5.41) is 3.48. The third kappa shape index (κ3) is 3.33. The highest BCUT2D eigenvalue weighted by atomic mass is 16.4. The molecule has 0 spiro atoms. The van der Waals surface area contributed by atoms with Crippen LogP contribution in [0.15, 0.2) is 10.7 Å². The predicted molar refractivity (Wildman–Crippen MR) is 79.9 cm³/mol. The number of nitrogens with zero attached hydrogens (tertiary/aromatic N) is 3. The Morgan fingerprint density at radius 2 is 2.25 bits per heavy atom. The van der Waals surface area contributed by atoms with E-state index in [0.29, 0.717) is 12.1 Å². The van der Waals surface area contributed by atoms with E-state index in [-0.39, 0.29) is 0 Å². The molecule has 3 rings (SSSR count). The number of rotatable bonds is 5. The fraction of sp³-hybridized carbons (Fsp3) is 0.800. The lowest BCUT2D eigenvalue weighted by Crippen LogP contribution is -2.40. The smallest absolute Gasteiger partial charge is 0.297 e. The Morgan fingerprint density at radius 1 is 1.40 bits per heavy atom. The third-order valence-electron chi connectivity index (χ3n) is 4.31. The second-order valence-corrected chi connectivity index (χ2v) is 6.15. The van der Waals surface area contributed by atoms with Crippen molar-refractivity contribution in [1.29, 1.82) is 0 Å². The van der Waals surface area contributed by atoms with E-state index in [1.807, 2.05) is 6.26 Å². The van der Waals surface area contributed by atoms with Crippen molar-refractivity contribution in [2.45, 2.75) is 51.2 Å². The fourth-order valence-electron chi connectivity index (χ4n) is 2.89. The summed E-state index contributed by atoms with van der Waals surface area (Å²) in [5.41, 5.74) is 1.03. The van der Waals surface area contributed by atoms with Crippen LogP contribution in [-0.4, -0.2) is 48.6 Å². The predicted octanol–water partition coefficient (Wildman–Crippen LogP) is 1.85. The molecule has 1 aromatic heterocycles. The van der Waals surface area contributed by atoms with Crippen molar-refractivity contribution < 1.29 is 4.42 Å². The van der Waals surface area contributed by atoms with E-state index in [2.05, 4.69) is 34.1 Å². The number of aromatic nitrogens is 1. The number of oxazole rings is 1. The van der Waals surface area contributed by atoms with Crippen molar-refractivity contribution in [3.05, 3.63) is 12.0 Å². The van der Waals surface area contributed by atoms with Crippen LogP contribution in [0.25, 0.3) is 0 Å². The molecule has 1 aliphatic carbocycles. The maximum Gasteiger partial charge on any atom is 0.297 e. The van der Waals surface area contributed by atoms with Gasteiger partial charge in [0.15, 0.2) is 0 Å². The Hall–Kier alpha value is -1.07. The van der Waals surface area contributed by atoms with Crippen molar-refractivity contribution >= 4 is 6.01 Å². The highest BCUT2D eigenvalue weighted by Gasteiger charge is 2.26. The van der Waals surface area contributed by atoms with Crippen LogP contribution in [0, 0.1) is 0 Å². The molecular weight excluding hydrogens is 252 g/mol. The lowest BCUT2D eigenvalue weighted by atomic mass is 10.2. The van der Waals surface area contributed by atoms with Crippen molar-refractivity contribution in [1.82, 2.24) is 15.2 Å². The highest BCUT2D eigenvalue weighted by molar-refractivity contribution is 5.30. The van der Waals surface area contributed by atoms with Crippen molar-refractivity contribution in [2.24, 2.45) is 0 Å². The van der Waals surface area contributed by atoms with E-state index in [0.717, 1.165) is 44.3 Å². The number of hydrogen-bond donors (Lipinski definition) is 1. The molecule has 0 bridgehead atoms. The molecule has 1 unspecified atom stereocenters. The summed E-state index contributed by atoms with van der Waals surface area (Å²) in [6, 6.07) is 2.02. The first-order chi connectivity index (χ1) is 9.76. The molecule has 5 nitrogen and oxygen atoms in total. The Balaban J connectivity index is 1.65. The van der Waals surface area contributed by atoms with Gasteiger partial charge in [-0.15, -0.1) is 0 Å². The molecule has 112 valence electrons. The molecule has 20 heavy (non-hydrogen) atoms. The van der Waals surface area contributed by atoms with E-state index >= 15 is 0 Å². The first kappa shape index (κ1) is 13.9. The molecule has 1 aromatic rings. The second kappa shape index (κ2) is 6.14. The quantitative estimate of drug-likeness (QED) is 0.890. The normalized spacial score (nSPS) is 24.9. The summed E-state index contributed by atoms with van der Waals surface area (Å²) in [5.74, 6) is 0. The summed E-state index contributed by atoms with van der Waals surface area (Å²) < 4.78 is 5.74. The van der Waals surface area contributed by atoms with Gasteiger partial charge in [0, 0.05) is 31.7 Å². The Morgan fingerprint density at radius 3 is 3.00 bits per heavy atom. The first-order valence-corrected chi connectivity index (χ1v) is 7.89. The van der Waals surface area contributed by atoms with Crippen molar-refractivity contribution in [2.75, 3.05) is 31.6 Å². The number of likely N-dealkylation sites (N-methyl/N-ethyl adjacent to an activating group) is 1. The van der Waals surface area contributed by atoms with E-state index in [4.69, 9.17) is 4.42 Å². The zero-order valence-corrected chi connectivity index (χ0v) is 12.6. The standard InChI is InChI=1S/C15H26N4O/c1-3-14-10-18(2)7-4-8-19(14)15-17-13(11-20-15)9-16-12-5-6-12/h11-12,14,16H,3-10H2,1-2H3. The molecule has 2 heterocycles. The van der Waals surface area contributed by atoms with Gasteiger partial charge in [-0.05, 0) is 39.3 Å². The maximum absolute atomic E-state index is 5.74. The van der Waals surface area contributed by atoms with E-state index in [1.54, 1.807) is 0 Å². The molecule has 1 atom stereocenters. The summed E-state index contributed by atoms with van der Waals surface area (Å²) >= 11 is 0. The summed E-state index contributed by atoms with van der Waals surface area (Å²) in [6.07, 6.45) is 6.72. The largest absolute Gasteiger partial charge is 0.432 e. The van der Waals surface area contributed by atoms with Gasteiger partial charge in [-0.3, -0.25) is 0 Å². The molecule has 1 aliphatic heterocycles. The minimum absolute atomic E-state index is 0.505. The summed E-state index contributed by atoms with van der Waals surface area (Å²) in [4.78, 5) is 9.44. The van der Waals surface area contributed by atoms with E-state index < -0.39 is 0 Å². The Kier molecular flexibility index (Phi) is 4.27. The van der Waals surface area contributed by atoms with Crippen LogP contribution >= 0.6 is 0 Å².